The monoisotopic (exact) mass is 198 g/mol. The fraction of sp³-hybridized carbons (Fsp3) is 0.818. The zero-order chi connectivity index (χ0) is 10.8. The summed E-state index contributed by atoms with van der Waals surface area (Å²) in [5.41, 5.74) is -0.451. The number of aldehydes is 1. The van der Waals surface area contributed by atoms with Gasteiger partial charge in [0.15, 0.2) is 0 Å². The van der Waals surface area contributed by atoms with Gasteiger partial charge in [-0.05, 0) is 33.6 Å². The number of ether oxygens (including phenoxy) is 1. The van der Waals surface area contributed by atoms with Crippen LogP contribution >= 0.6 is 0 Å². The van der Waals surface area contributed by atoms with Gasteiger partial charge in [0.1, 0.15) is 11.9 Å². The van der Waals surface area contributed by atoms with E-state index in [1.807, 2.05) is 20.8 Å². The molecule has 0 saturated heterocycles. The lowest BCUT2D eigenvalue weighted by atomic mass is 9.97. The predicted molar refractivity (Wildman–Crippen MR) is 52.7 cm³/mol. The summed E-state index contributed by atoms with van der Waals surface area (Å²) in [6, 6.07) is 0. The van der Waals surface area contributed by atoms with Crippen molar-refractivity contribution < 1.29 is 14.3 Å². The predicted octanol–water partition coefficient (Wildman–Crippen LogP) is 1.94. The van der Waals surface area contributed by atoms with Crippen LogP contribution in [0.4, 0.5) is 0 Å². The molecule has 0 aromatic heterocycles. The molecule has 0 amide bonds. The standard InChI is InChI=1S/C11H18O3/c1-11(2,3)14-10(13)9-6-4-5-8(9)7-12/h7-9H,4-6H2,1-3H3/t8-,9?/m0/s1. The number of hydrogen-bond donors (Lipinski definition) is 0. The molecule has 0 aromatic carbocycles. The highest BCUT2D eigenvalue weighted by molar-refractivity contribution is 5.77. The van der Waals surface area contributed by atoms with E-state index in [1.54, 1.807) is 0 Å². The molecule has 1 fully saturated rings. The Morgan fingerprint density at radius 1 is 1.36 bits per heavy atom. The first-order valence-electron chi connectivity index (χ1n) is 5.12. The van der Waals surface area contributed by atoms with Crippen LogP contribution in [0.2, 0.25) is 0 Å². The second-order valence-electron chi connectivity index (χ2n) is 4.87. The SMILES string of the molecule is CC(C)(C)OC(=O)C1CCC[C@H]1C=O. The Bertz CT molecular complexity index is 227. The maximum absolute atomic E-state index is 11.6. The van der Waals surface area contributed by atoms with Gasteiger partial charge >= 0.3 is 5.97 Å². The molecule has 80 valence electrons. The molecule has 0 radical (unpaired) electrons. The lowest BCUT2D eigenvalue weighted by molar-refractivity contribution is -0.161. The molecule has 1 aliphatic carbocycles. The van der Waals surface area contributed by atoms with Crippen molar-refractivity contribution in [2.45, 2.75) is 45.6 Å². The van der Waals surface area contributed by atoms with E-state index < -0.39 is 5.60 Å². The highest BCUT2D eigenvalue weighted by atomic mass is 16.6. The minimum Gasteiger partial charge on any atom is -0.460 e. The van der Waals surface area contributed by atoms with Crippen LogP contribution in [0.3, 0.4) is 0 Å². The number of rotatable bonds is 2. The molecule has 1 aliphatic rings. The molecule has 1 saturated carbocycles. The van der Waals surface area contributed by atoms with Crippen molar-refractivity contribution in [3.05, 3.63) is 0 Å². The van der Waals surface area contributed by atoms with E-state index >= 15 is 0 Å². The molecule has 0 aliphatic heterocycles. The number of esters is 1. The average molecular weight is 198 g/mol. The van der Waals surface area contributed by atoms with Gasteiger partial charge < -0.3 is 9.53 Å². The highest BCUT2D eigenvalue weighted by Gasteiger charge is 2.35. The first kappa shape index (κ1) is 11.2. The summed E-state index contributed by atoms with van der Waals surface area (Å²) in [5.74, 6) is -0.538. The molecule has 0 N–H and O–H groups in total. The smallest absolute Gasteiger partial charge is 0.310 e. The zero-order valence-corrected chi connectivity index (χ0v) is 9.08. The second kappa shape index (κ2) is 4.11. The fourth-order valence-corrected chi connectivity index (χ4v) is 1.82. The molecular weight excluding hydrogens is 180 g/mol. The van der Waals surface area contributed by atoms with Crippen LogP contribution in [-0.2, 0) is 14.3 Å². The van der Waals surface area contributed by atoms with Crippen molar-refractivity contribution in [3.8, 4) is 0 Å². The summed E-state index contributed by atoms with van der Waals surface area (Å²) in [5, 5.41) is 0. The van der Waals surface area contributed by atoms with Crippen molar-refractivity contribution in [3.63, 3.8) is 0 Å². The molecular formula is C11H18O3. The Morgan fingerprint density at radius 3 is 2.50 bits per heavy atom. The molecule has 2 atom stereocenters. The van der Waals surface area contributed by atoms with Gasteiger partial charge in [-0.2, -0.15) is 0 Å². The van der Waals surface area contributed by atoms with Gasteiger partial charge in [-0.25, -0.2) is 0 Å². The number of hydrogen-bond acceptors (Lipinski definition) is 3. The van der Waals surface area contributed by atoms with Gasteiger partial charge in [0.25, 0.3) is 0 Å². The molecule has 3 heteroatoms. The lowest BCUT2D eigenvalue weighted by Crippen LogP contribution is -2.30. The summed E-state index contributed by atoms with van der Waals surface area (Å²) in [7, 11) is 0. The molecule has 0 spiro atoms. The van der Waals surface area contributed by atoms with Crippen LogP contribution in [0, 0.1) is 11.8 Å². The summed E-state index contributed by atoms with van der Waals surface area (Å²) in [6.07, 6.45) is 3.46. The number of carbonyl (C=O) groups excluding carboxylic acids is 2. The molecule has 1 rings (SSSR count). The third-order valence-electron chi connectivity index (χ3n) is 2.45. The summed E-state index contributed by atoms with van der Waals surface area (Å²) >= 11 is 0. The van der Waals surface area contributed by atoms with Crippen LogP contribution in [0.1, 0.15) is 40.0 Å². The Morgan fingerprint density at radius 2 is 2.00 bits per heavy atom. The normalized spacial score (nSPS) is 27.4. The van der Waals surface area contributed by atoms with Crippen LogP contribution < -0.4 is 0 Å². The van der Waals surface area contributed by atoms with E-state index in [0.717, 1.165) is 25.5 Å². The van der Waals surface area contributed by atoms with E-state index in [2.05, 4.69) is 0 Å². The second-order valence-corrected chi connectivity index (χ2v) is 4.87. The fourth-order valence-electron chi connectivity index (χ4n) is 1.82. The van der Waals surface area contributed by atoms with Gasteiger partial charge in [-0.15, -0.1) is 0 Å². The lowest BCUT2D eigenvalue weighted by Gasteiger charge is -2.23. The van der Waals surface area contributed by atoms with E-state index in [-0.39, 0.29) is 17.8 Å². The summed E-state index contributed by atoms with van der Waals surface area (Å²) < 4.78 is 5.26. The van der Waals surface area contributed by atoms with Gasteiger partial charge in [-0.3, -0.25) is 4.79 Å². The van der Waals surface area contributed by atoms with E-state index in [4.69, 9.17) is 4.74 Å². The van der Waals surface area contributed by atoms with Gasteiger partial charge in [0, 0.05) is 5.92 Å². The molecule has 3 nitrogen and oxygen atoms in total. The van der Waals surface area contributed by atoms with Crippen LogP contribution in [0.5, 0.6) is 0 Å². The van der Waals surface area contributed by atoms with Crippen LogP contribution in [0.15, 0.2) is 0 Å². The van der Waals surface area contributed by atoms with E-state index in [0.29, 0.717) is 0 Å². The number of carbonyl (C=O) groups is 2. The molecule has 0 aromatic rings. The highest BCUT2D eigenvalue weighted by Crippen LogP contribution is 2.32. The third kappa shape index (κ3) is 2.82. The third-order valence-corrected chi connectivity index (χ3v) is 2.45. The first-order valence-corrected chi connectivity index (χ1v) is 5.12. The topological polar surface area (TPSA) is 43.4 Å². The van der Waals surface area contributed by atoms with Crippen molar-refractivity contribution >= 4 is 12.3 Å². The first-order chi connectivity index (χ1) is 6.44. The largest absolute Gasteiger partial charge is 0.460 e. The van der Waals surface area contributed by atoms with Crippen molar-refractivity contribution in [2.75, 3.05) is 0 Å². The Balaban J connectivity index is 2.56. The van der Waals surface area contributed by atoms with Crippen molar-refractivity contribution in [1.29, 1.82) is 0 Å². The maximum atomic E-state index is 11.6. The van der Waals surface area contributed by atoms with Crippen molar-refractivity contribution in [1.82, 2.24) is 0 Å². The maximum Gasteiger partial charge on any atom is 0.310 e. The summed E-state index contributed by atoms with van der Waals surface area (Å²) in [4.78, 5) is 22.3. The van der Waals surface area contributed by atoms with Gasteiger partial charge in [0.2, 0.25) is 0 Å². The molecule has 14 heavy (non-hydrogen) atoms. The minimum atomic E-state index is -0.451. The molecule has 1 unspecified atom stereocenters. The van der Waals surface area contributed by atoms with Crippen LogP contribution in [0.25, 0.3) is 0 Å². The Kier molecular flexibility index (Phi) is 3.29. The average Bonchev–Trinajstić information content (AvgIpc) is 2.47. The molecule has 0 heterocycles. The van der Waals surface area contributed by atoms with Crippen molar-refractivity contribution in [2.24, 2.45) is 11.8 Å². The van der Waals surface area contributed by atoms with Crippen LogP contribution in [-0.4, -0.2) is 17.9 Å². The molecule has 0 bridgehead atoms. The zero-order valence-electron chi connectivity index (χ0n) is 9.08. The minimum absolute atomic E-state index is 0.121. The van der Waals surface area contributed by atoms with E-state index in [9.17, 15) is 9.59 Å². The quantitative estimate of drug-likeness (QED) is 0.503. The Hall–Kier alpha value is -0.860. The van der Waals surface area contributed by atoms with Gasteiger partial charge in [-0.1, -0.05) is 6.42 Å². The van der Waals surface area contributed by atoms with E-state index in [1.165, 1.54) is 0 Å². The van der Waals surface area contributed by atoms with Gasteiger partial charge in [0.05, 0.1) is 5.92 Å². The Labute approximate surface area is 84.8 Å². The summed E-state index contributed by atoms with van der Waals surface area (Å²) in [6.45, 7) is 5.53.